The average molecular weight is 343 g/mol. The molecule has 1 atom stereocenters. The van der Waals surface area contributed by atoms with Crippen LogP contribution in [0.5, 0.6) is 0 Å². The van der Waals surface area contributed by atoms with E-state index in [0.29, 0.717) is 17.4 Å². The number of oxazole rings is 1. The van der Waals surface area contributed by atoms with E-state index in [-0.39, 0.29) is 5.82 Å². The van der Waals surface area contributed by atoms with Gasteiger partial charge in [0, 0.05) is 36.7 Å². The second-order valence-corrected chi connectivity index (χ2v) is 7.15. The first-order valence-electron chi connectivity index (χ1n) is 8.07. The third kappa shape index (κ3) is 3.55. The number of hydrogen-bond donors (Lipinski definition) is 0. The topological polar surface area (TPSA) is 42.2 Å². The Morgan fingerprint density at radius 3 is 3.17 bits per heavy atom. The van der Waals surface area contributed by atoms with Crippen molar-refractivity contribution in [1.29, 1.82) is 0 Å². The normalized spacial score (nSPS) is 18.3. The van der Waals surface area contributed by atoms with Crippen molar-refractivity contribution >= 4 is 11.3 Å². The Morgan fingerprint density at radius 2 is 2.33 bits per heavy atom. The SMILES string of the molecule is Fc1cccc(-c2nc(CN3CCC(Cc4nccs4)C3)co2)c1. The molecule has 4 nitrogen and oxygen atoms in total. The van der Waals surface area contributed by atoms with Crippen molar-refractivity contribution in [3.8, 4) is 11.5 Å². The van der Waals surface area contributed by atoms with Crippen LogP contribution in [-0.2, 0) is 13.0 Å². The Kier molecular flexibility index (Phi) is 4.40. The predicted octanol–water partition coefficient (Wildman–Crippen LogP) is 4.00. The molecule has 0 radical (unpaired) electrons. The number of rotatable bonds is 5. The smallest absolute Gasteiger partial charge is 0.226 e. The van der Waals surface area contributed by atoms with E-state index < -0.39 is 0 Å². The van der Waals surface area contributed by atoms with Crippen LogP contribution in [0, 0.1) is 11.7 Å². The molecule has 24 heavy (non-hydrogen) atoms. The Morgan fingerprint density at radius 1 is 1.38 bits per heavy atom. The van der Waals surface area contributed by atoms with E-state index in [2.05, 4.69) is 14.9 Å². The van der Waals surface area contributed by atoms with Crippen LogP contribution in [0.3, 0.4) is 0 Å². The summed E-state index contributed by atoms with van der Waals surface area (Å²) < 4.78 is 18.8. The summed E-state index contributed by atoms with van der Waals surface area (Å²) in [6.45, 7) is 2.90. The van der Waals surface area contributed by atoms with Crippen LogP contribution in [0.2, 0.25) is 0 Å². The first kappa shape index (κ1) is 15.5. The maximum absolute atomic E-state index is 13.3. The highest BCUT2D eigenvalue weighted by Gasteiger charge is 2.24. The highest BCUT2D eigenvalue weighted by atomic mass is 32.1. The molecule has 1 aliphatic heterocycles. The maximum Gasteiger partial charge on any atom is 0.226 e. The minimum Gasteiger partial charge on any atom is -0.444 e. The van der Waals surface area contributed by atoms with Crippen LogP contribution in [-0.4, -0.2) is 28.0 Å². The predicted molar refractivity (Wildman–Crippen MR) is 91.1 cm³/mol. The van der Waals surface area contributed by atoms with Crippen molar-refractivity contribution in [2.75, 3.05) is 13.1 Å². The molecule has 3 heterocycles. The molecule has 0 bridgehead atoms. The van der Waals surface area contributed by atoms with Crippen molar-refractivity contribution < 1.29 is 8.81 Å². The fraction of sp³-hybridized carbons (Fsp3) is 0.333. The third-order valence-corrected chi connectivity index (χ3v) is 5.13. The first-order valence-corrected chi connectivity index (χ1v) is 8.95. The van der Waals surface area contributed by atoms with Crippen LogP contribution in [0.1, 0.15) is 17.1 Å². The van der Waals surface area contributed by atoms with Crippen LogP contribution in [0.25, 0.3) is 11.5 Å². The number of likely N-dealkylation sites (tertiary alicyclic amines) is 1. The molecule has 1 unspecified atom stereocenters. The minimum absolute atomic E-state index is 0.281. The molecular weight excluding hydrogens is 325 g/mol. The third-order valence-electron chi connectivity index (χ3n) is 4.33. The Labute approximate surface area is 144 Å². The van der Waals surface area contributed by atoms with Crippen molar-refractivity contribution in [3.05, 3.63) is 58.6 Å². The second kappa shape index (κ2) is 6.83. The van der Waals surface area contributed by atoms with Gasteiger partial charge in [0.05, 0.1) is 10.7 Å². The van der Waals surface area contributed by atoms with Gasteiger partial charge >= 0.3 is 0 Å². The molecule has 0 saturated carbocycles. The largest absolute Gasteiger partial charge is 0.444 e. The highest BCUT2D eigenvalue weighted by Crippen LogP contribution is 2.24. The summed E-state index contributed by atoms with van der Waals surface area (Å²) in [5.41, 5.74) is 1.56. The molecule has 0 aliphatic carbocycles. The zero-order valence-corrected chi connectivity index (χ0v) is 14.0. The zero-order valence-electron chi connectivity index (χ0n) is 13.2. The zero-order chi connectivity index (χ0) is 16.4. The Bertz CT molecular complexity index is 802. The second-order valence-electron chi connectivity index (χ2n) is 6.17. The lowest BCUT2D eigenvalue weighted by Crippen LogP contribution is -2.20. The van der Waals surface area contributed by atoms with Gasteiger partial charge < -0.3 is 4.42 Å². The number of halogens is 1. The number of benzene rings is 1. The highest BCUT2D eigenvalue weighted by molar-refractivity contribution is 7.09. The summed E-state index contributed by atoms with van der Waals surface area (Å²) in [7, 11) is 0. The van der Waals surface area contributed by atoms with E-state index in [0.717, 1.165) is 31.7 Å². The number of hydrogen-bond acceptors (Lipinski definition) is 5. The minimum atomic E-state index is -0.281. The van der Waals surface area contributed by atoms with Gasteiger partial charge in [0.15, 0.2) is 0 Å². The van der Waals surface area contributed by atoms with E-state index in [1.165, 1.54) is 23.6 Å². The molecule has 1 saturated heterocycles. The summed E-state index contributed by atoms with van der Waals surface area (Å²) in [6.07, 6.45) is 5.79. The quantitative estimate of drug-likeness (QED) is 0.702. The standard InChI is InChI=1S/C18H18FN3OS/c19-15-3-1-2-14(9-15)18-21-16(12-23-18)11-22-6-4-13(10-22)8-17-20-5-7-24-17/h1-3,5,7,9,12-13H,4,6,8,10-11H2. The number of nitrogens with zero attached hydrogens (tertiary/aromatic N) is 3. The molecule has 6 heteroatoms. The average Bonchev–Trinajstić information content (AvgIpc) is 3.31. The van der Waals surface area contributed by atoms with Gasteiger partial charge in [0.2, 0.25) is 5.89 Å². The van der Waals surface area contributed by atoms with Gasteiger partial charge in [0.1, 0.15) is 12.1 Å². The molecule has 0 amide bonds. The van der Waals surface area contributed by atoms with E-state index in [1.54, 1.807) is 29.7 Å². The lowest BCUT2D eigenvalue weighted by atomic mass is 10.1. The van der Waals surface area contributed by atoms with Crippen LogP contribution in [0.15, 0.2) is 46.5 Å². The van der Waals surface area contributed by atoms with Crippen LogP contribution in [0.4, 0.5) is 4.39 Å². The van der Waals surface area contributed by atoms with Gasteiger partial charge in [-0.3, -0.25) is 4.90 Å². The van der Waals surface area contributed by atoms with Gasteiger partial charge in [-0.2, -0.15) is 0 Å². The monoisotopic (exact) mass is 343 g/mol. The fourth-order valence-corrected chi connectivity index (χ4v) is 3.92. The van der Waals surface area contributed by atoms with Crippen molar-refractivity contribution in [2.24, 2.45) is 5.92 Å². The molecule has 1 aliphatic rings. The van der Waals surface area contributed by atoms with E-state index >= 15 is 0 Å². The van der Waals surface area contributed by atoms with Gasteiger partial charge in [-0.15, -0.1) is 11.3 Å². The summed E-state index contributed by atoms with van der Waals surface area (Å²) in [6, 6.07) is 6.33. The van der Waals surface area contributed by atoms with Crippen molar-refractivity contribution in [2.45, 2.75) is 19.4 Å². The molecule has 1 fully saturated rings. The Balaban J connectivity index is 1.36. The van der Waals surface area contributed by atoms with E-state index in [4.69, 9.17) is 4.42 Å². The summed E-state index contributed by atoms with van der Waals surface area (Å²) in [5, 5.41) is 3.25. The van der Waals surface area contributed by atoms with Gasteiger partial charge in [-0.25, -0.2) is 14.4 Å². The van der Waals surface area contributed by atoms with E-state index in [1.807, 2.05) is 11.6 Å². The lowest BCUT2D eigenvalue weighted by molar-refractivity contribution is 0.312. The fourth-order valence-electron chi connectivity index (χ4n) is 3.19. The molecule has 4 rings (SSSR count). The number of thiazole rings is 1. The molecular formula is C18H18FN3OS. The molecule has 0 spiro atoms. The molecule has 3 aromatic rings. The molecule has 1 aromatic carbocycles. The number of aromatic nitrogens is 2. The first-order chi connectivity index (χ1) is 11.8. The summed E-state index contributed by atoms with van der Waals surface area (Å²) in [4.78, 5) is 11.3. The van der Waals surface area contributed by atoms with Crippen LogP contribution < -0.4 is 0 Å². The van der Waals surface area contributed by atoms with Gasteiger partial charge in [0.25, 0.3) is 0 Å². The lowest BCUT2D eigenvalue weighted by Gasteiger charge is -2.13. The molecule has 0 N–H and O–H groups in total. The maximum atomic E-state index is 13.3. The van der Waals surface area contributed by atoms with Gasteiger partial charge in [-0.1, -0.05) is 6.07 Å². The van der Waals surface area contributed by atoms with Crippen LogP contribution >= 0.6 is 11.3 Å². The molecule has 2 aromatic heterocycles. The summed E-state index contributed by atoms with van der Waals surface area (Å²) in [5.74, 6) is 0.852. The Hall–Kier alpha value is -2.05. The molecule has 124 valence electrons. The van der Waals surface area contributed by atoms with Gasteiger partial charge in [-0.05, 0) is 37.1 Å². The van der Waals surface area contributed by atoms with Crippen molar-refractivity contribution in [3.63, 3.8) is 0 Å². The van der Waals surface area contributed by atoms with E-state index in [9.17, 15) is 4.39 Å². The summed E-state index contributed by atoms with van der Waals surface area (Å²) >= 11 is 1.73. The van der Waals surface area contributed by atoms with Crippen molar-refractivity contribution in [1.82, 2.24) is 14.9 Å².